The Morgan fingerprint density at radius 2 is 2.17 bits per heavy atom. The van der Waals surface area contributed by atoms with E-state index in [9.17, 15) is 0 Å². The number of fused-ring (bicyclic) bond motifs is 1. The quantitative estimate of drug-likeness (QED) is 0.254. The molecule has 0 unspecified atom stereocenters. The molecule has 0 aliphatic carbocycles. The third kappa shape index (κ3) is 3.84. The van der Waals surface area contributed by atoms with E-state index in [-0.39, 0.29) is 0 Å². The molecule has 0 saturated heterocycles. The molecule has 23 heavy (non-hydrogen) atoms. The van der Waals surface area contributed by atoms with Gasteiger partial charge in [-0.05, 0) is 18.1 Å². The highest BCUT2D eigenvalue weighted by Crippen LogP contribution is 2.20. The number of hydrogen-bond donors (Lipinski definition) is 2. The fourth-order valence-electron chi connectivity index (χ4n) is 2.11. The van der Waals surface area contributed by atoms with Gasteiger partial charge in [0, 0.05) is 36.4 Å². The molecule has 0 amide bonds. The summed E-state index contributed by atoms with van der Waals surface area (Å²) in [5, 5.41) is 16.6. The van der Waals surface area contributed by atoms with Crippen LogP contribution >= 0.6 is 11.3 Å². The molecule has 2 N–H and O–H groups in total. The van der Waals surface area contributed by atoms with Crippen LogP contribution in [-0.2, 0) is 0 Å². The minimum absolute atomic E-state index is 0.708. The minimum atomic E-state index is 0.708. The van der Waals surface area contributed by atoms with Crippen molar-refractivity contribution in [2.24, 2.45) is 5.16 Å². The zero-order chi connectivity index (χ0) is 15.9. The summed E-state index contributed by atoms with van der Waals surface area (Å²) in [6, 6.07) is 10.0. The number of nitrogens with zero attached hydrogens (tertiary/aromatic N) is 3. The molecular weight excluding hydrogens is 308 g/mol. The van der Waals surface area contributed by atoms with Crippen molar-refractivity contribution < 1.29 is 5.21 Å². The zero-order valence-corrected chi connectivity index (χ0v) is 13.0. The van der Waals surface area contributed by atoms with Crippen molar-refractivity contribution in [1.82, 2.24) is 9.97 Å². The molecule has 0 aliphatic rings. The first-order chi connectivity index (χ1) is 11.4. The molecule has 5 nitrogen and oxygen atoms in total. The van der Waals surface area contributed by atoms with Crippen LogP contribution in [0.25, 0.3) is 10.9 Å². The number of oxime groups is 1. The van der Waals surface area contributed by atoms with E-state index < -0.39 is 0 Å². The van der Waals surface area contributed by atoms with Gasteiger partial charge in [0.25, 0.3) is 0 Å². The predicted octanol–water partition coefficient (Wildman–Crippen LogP) is 3.35. The van der Waals surface area contributed by atoms with Crippen LogP contribution < -0.4 is 5.32 Å². The molecule has 1 aromatic carbocycles. The van der Waals surface area contributed by atoms with Gasteiger partial charge in [-0.1, -0.05) is 29.3 Å². The number of rotatable bonds is 4. The van der Waals surface area contributed by atoms with Crippen LogP contribution in [0.15, 0.2) is 47.9 Å². The van der Waals surface area contributed by atoms with Crippen LogP contribution in [-0.4, -0.2) is 27.9 Å². The average molecular weight is 322 g/mol. The monoisotopic (exact) mass is 322 g/mol. The second kappa shape index (κ2) is 7.38. The lowest BCUT2D eigenvalue weighted by atomic mass is 10.2. The normalized spacial score (nSPS) is 10.6. The molecule has 0 aliphatic heterocycles. The molecule has 3 aromatic rings. The fourth-order valence-corrected chi connectivity index (χ4v) is 2.77. The van der Waals surface area contributed by atoms with Gasteiger partial charge in [-0.25, -0.2) is 4.98 Å². The summed E-state index contributed by atoms with van der Waals surface area (Å²) in [7, 11) is 0. The number of para-hydroxylation sites is 1. The lowest BCUT2D eigenvalue weighted by molar-refractivity contribution is 0.322. The number of aromatic nitrogens is 2. The molecule has 0 saturated carbocycles. The van der Waals surface area contributed by atoms with E-state index in [4.69, 9.17) is 5.21 Å². The Labute approximate surface area is 137 Å². The van der Waals surface area contributed by atoms with E-state index in [1.165, 1.54) is 17.6 Å². The molecule has 0 spiro atoms. The smallest absolute Gasteiger partial charge is 0.167 e. The average Bonchev–Trinajstić information content (AvgIpc) is 3.02. The van der Waals surface area contributed by atoms with Crippen LogP contribution in [0.2, 0.25) is 0 Å². The van der Waals surface area contributed by atoms with Crippen LogP contribution in [0, 0.1) is 11.8 Å². The van der Waals surface area contributed by atoms with E-state index >= 15 is 0 Å². The van der Waals surface area contributed by atoms with Gasteiger partial charge in [-0.2, -0.15) is 0 Å². The van der Waals surface area contributed by atoms with Gasteiger partial charge in [0.15, 0.2) is 5.01 Å². The maximum absolute atomic E-state index is 8.46. The van der Waals surface area contributed by atoms with E-state index in [0.29, 0.717) is 11.4 Å². The topological polar surface area (TPSA) is 70.4 Å². The summed E-state index contributed by atoms with van der Waals surface area (Å²) in [6.45, 7) is 0.747. The summed E-state index contributed by atoms with van der Waals surface area (Å²) in [6.07, 6.45) is 5.49. The van der Waals surface area contributed by atoms with Crippen molar-refractivity contribution >= 4 is 34.1 Å². The SMILES string of the molecule is ON=Cc1cnc(C#CCCNc2ccnc3ccccc23)s1. The Hall–Kier alpha value is -2.91. The molecular formula is C17H14N4OS. The second-order valence-electron chi connectivity index (χ2n) is 4.67. The first-order valence-corrected chi connectivity index (χ1v) is 7.88. The Morgan fingerprint density at radius 1 is 1.26 bits per heavy atom. The maximum atomic E-state index is 8.46. The first kappa shape index (κ1) is 15.0. The number of hydrogen-bond acceptors (Lipinski definition) is 6. The number of thiazole rings is 1. The van der Waals surface area contributed by atoms with Gasteiger partial charge in [0.2, 0.25) is 0 Å². The van der Waals surface area contributed by atoms with Crippen molar-refractivity contribution in [3.05, 3.63) is 52.6 Å². The van der Waals surface area contributed by atoms with E-state index in [1.807, 2.05) is 24.3 Å². The lowest BCUT2D eigenvalue weighted by Gasteiger charge is -2.07. The summed E-state index contributed by atoms with van der Waals surface area (Å²) in [5.41, 5.74) is 2.04. The molecule has 0 atom stereocenters. The number of nitrogens with one attached hydrogen (secondary N) is 1. The van der Waals surface area contributed by atoms with Crippen molar-refractivity contribution in [2.45, 2.75) is 6.42 Å². The Morgan fingerprint density at radius 3 is 3.09 bits per heavy atom. The van der Waals surface area contributed by atoms with Crippen molar-refractivity contribution in [2.75, 3.05) is 11.9 Å². The minimum Gasteiger partial charge on any atom is -0.411 e. The molecule has 0 bridgehead atoms. The third-order valence-corrected chi connectivity index (χ3v) is 3.97. The Bertz CT molecular complexity index is 887. The van der Waals surface area contributed by atoms with Gasteiger partial charge in [-0.3, -0.25) is 4.98 Å². The highest BCUT2D eigenvalue weighted by atomic mass is 32.1. The predicted molar refractivity (Wildman–Crippen MR) is 93.2 cm³/mol. The summed E-state index contributed by atoms with van der Waals surface area (Å²) in [4.78, 5) is 9.26. The van der Waals surface area contributed by atoms with Gasteiger partial charge in [0.05, 0.1) is 16.6 Å². The second-order valence-corrected chi connectivity index (χ2v) is 5.73. The number of benzene rings is 1. The molecule has 2 aromatic heterocycles. The maximum Gasteiger partial charge on any atom is 0.167 e. The van der Waals surface area contributed by atoms with Crippen LogP contribution in [0.1, 0.15) is 16.3 Å². The molecule has 0 fully saturated rings. The van der Waals surface area contributed by atoms with Crippen LogP contribution in [0.4, 0.5) is 5.69 Å². The van der Waals surface area contributed by atoms with Crippen molar-refractivity contribution in [3.63, 3.8) is 0 Å². The van der Waals surface area contributed by atoms with Crippen molar-refractivity contribution in [3.8, 4) is 11.8 Å². The fraction of sp³-hybridized carbons (Fsp3) is 0.118. The third-order valence-electron chi connectivity index (χ3n) is 3.12. The van der Waals surface area contributed by atoms with E-state index in [0.717, 1.165) is 28.0 Å². The highest BCUT2D eigenvalue weighted by molar-refractivity contribution is 7.13. The zero-order valence-electron chi connectivity index (χ0n) is 12.2. The summed E-state index contributed by atoms with van der Waals surface area (Å²) < 4.78 is 0. The summed E-state index contributed by atoms with van der Waals surface area (Å²) in [5.74, 6) is 6.10. The van der Waals surface area contributed by atoms with Crippen molar-refractivity contribution in [1.29, 1.82) is 0 Å². The molecule has 2 heterocycles. The van der Waals surface area contributed by atoms with E-state index in [2.05, 4.69) is 38.3 Å². The molecule has 0 radical (unpaired) electrons. The van der Waals surface area contributed by atoms with Gasteiger partial charge >= 0.3 is 0 Å². The van der Waals surface area contributed by atoms with Crippen LogP contribution in [0.3, 0.4) is 0 Å². The Balaban J connectivity index is 1.58. The first-order valence-electron chi connectivity index (χ1n) is 7.06. The highest BCUT2D eigenvalue weighted by Gasteiger charge is 1.99. The molecule has 6 heteroatoms. The largest absolute Gasteiger partial charge is 0.411 e. The number of anilines is 1. The van der Waals surface area contributed by atoms with Gasteiger partial charge in [-0.15, -0.1) is 11.3 Å². The van der Waals surface area contributed by atoms with E-state index in [1.54, 1.807) is 12.4 Å². The molecule has 114 valence electrons. The standard InChI is InChI=1S/C17H14N4OS/c22-21-12-13-11-20-17(23-13)7-3-4-9-18-16-8-10-19-15-6-2-1-5-14(15)16/h1-2,5-6,8,10-12,22H,4,9H2,(H,18,19). The summed E-state index contributed by atoms with van der Waals surface area (Å²) >= 11 is 1.39. The molecule has 3 rings (SSSR count). The number of pyridine rings is 1. The van der Waals surface area contributed by atoms with Gasteiger partial charge in [0.1, 0.15) is 0 Å². The van der Waals surface area contributed by atoms with Gasteiger partial charge < -0.3 is 10.5 Å². The lowest BCUT2D eigenvalue weighted by Crippen LogP contribution is -2.01. The Kier molecular flexibility index (Phi) is 4.82. The van der Waals surface area contributed by atoms with Crippen LogP contribution in [0.5, 0.6) is 0 Å².